The molecule has 0 bridgehead atoms. The van der Waals surface area contributed by atoms with Gasteiger partial charge in [-0.1, -0.05) is 37.3 Å². The van der Waals surface area contributed by atoms with Crippen molar-refractivity contribution < 1.29 is 19.8 Å². The molecule has 0 saturated heterocycles. The molecule has 0 aliphatic carbocycles. The van der Waals surface area contributed by atoms with Crippen LogP contribution in [0.15, 0.2) is 30.3 Å². The molecule has 0 amide bonds. The minimum atomic E-state index is -1.06. The van der Waals surface area contributed by atoms with Crippen LogP contribution in [-0.4, -0.2) is 22.2 Å². The van der Waals surface area contributed by atoms with Crippen molar-refractivity contribution in [3.63, 3.8) is 0 Å². The van der Waals surface area contributed by atoms with Crippen LogP contribution in [0, 0.1) is 11.8 Å². The average Bonchev–Trinajstić information content (AvgIpc) is 2.50. The largest absolute Gasteiger partial charge is 0.478 e. The summed E-state index contributed by atoms with van der Waals surface area (Å²) in [6, 6.07) is 7.72. The van der Waals surface area contributed by atoms with Crippen LogP contribution in [0.2, 0.25) is 0 Å². The van der Waals surface area contributed by atoms with Gasteiger partial charge in [0.2, 0.25) is 0 Å². The normalized spacial score (nSPS) is 10.0. The molecule has 0 aliphatic rings. The van der Waals surface area contributed by atoms with E-state index in [2.05, 4.69) is 18.8 Å². The maximum absolute atomic E-state index is 11.4. The lowest BCUT2D eigenvalue weighted by molar-refractivity contribution is 0.0688. The van der Waals surface area contributed by atoms with Crippen molar-refractivity contribution in [1.29, 1.82) is 0 Å². The predicted molar refractivity (Wildman–Crippen MR) is 84.3 cm³/mol. The Labute approximate surface area is 128 Å². The SMILES string of the molecule is CCCCC#Cc1cc(C(=O)O)cc2cccc(C(=O)O)c12. The van der Waals surface area contributed by atoms with E-state index in [0.717, 1.165) is 12.8 Å². The fourth-order valence-electron chi connectivity index (χ4n) is 2.25. The zero-order valence-corrected chi connectivity index (χ0v) is 12.2. The zero-order chi connectivity index (χ0) is 16.1. The van der Waals surface area contributed by atoms with Crippen LogP contribution < -0.4 is 0 Å². The third-order valence-corrected chi connectivity index (χ3v) is 3.33. The van der Waals surface area contributed by atoms with Crippen molar-refractivity contribution in [2.75, 3.05) is 0 Å². The van der Waals surface area contributed by atoms with Crippen molar-refractivity contribution in [3.05, 3.63) is 47.0 Å². The fourth-order valence-corrected chi connectivity index (χ4v) is 2.25. The summed E-state index contributed by atoms with van der Waals surface area (Å²) in [6.07, 6.45) is 2.67. The molecule has 112 valence electrons. The highest BCUT2D eigenvalue weighted by Gasteiger charge is 2.14. The number of carboxylic acid groups (broad SMARTS) is 2. The first-order valence-corrected chi connectivity index (χ1v) is 7.06. The van der Waals surface area contributed by atoms with Gasteiger partial charge in [-0.3, -0.25) is 0 Å². The molecule has 0 atom stereocenters. The lowest BCUT2D eigenvalue weighted by atomic mass is 9.96. The topological polar surface area (TPSA) is 74.6 Å². The number of rotatable bonds is 4. The van der Waals surface area contributed by atoms with Gasteiger partial charge in [0.05, 0.1) is 11.1 Å². The summed E-state index contributed by atoms with van der Waals surface area (Å²) in [4.78, 5) is 22.6. The minimum Gasteiger partial charge on any atom is -0.478 e. The molecule has 2 rings (SSSR count). The van der Waals surface area contributed by atoms with Gasteiger partial charge in [0.15, 0.2) is 0 Å². The standard InChI is InChI=1S/C18H16O4/c1-2-3-4-5-7-12-10-14(17(19)20)11-13-8-6-9-15(16(12)13)18(21)22/h6,8-11H,2-4H2,1H3,(H,19,20)(H,21,22). The van der Waals surface area contributed by atoms with Crippen molar-refractivity contribution in [2.45, 2.75) is 26.2 Å². The summed E-state index contributed by atoms with van der Waals surface area (Å²) in [6.45, 7) is 2.06. The first kappa shape index (κ1) is 15.6. The number of unbranched alkanes of at least 4 members (excludes halogenated alkanes) is 2. The van der Waals surface area contributed by atoms with Gasteiger partial charge < -0.3 is 10.2 Å². The van der Waals surface area contributed by atoms with Crippen molar-refractivity contribution >= 4 is 22.7 Å². The maximum Gasteiger partial charge on any atom is 0.336 e. The highest BCUT2D eigenvalue weighted by Crippen LogP contribution is 2.25. The monoisotopic (exact) mass is 296 g/mol. The summed E-state index contributed by atoms with van der Waals surface area (Å²) >= 11 is 0. The van der Waals surface area contributed by atoms with E-state index in [0.29, 0.717) is 22.8 Å². The van der Waals surface area contributed by atoms with Gasteiger partial charge >= 0.3 is 11.9 Å². The van der Waals surface area contributed by atoms with Gasteiger partial charge in [0, 0.05) is 17.4 Å². The van der Waals surface area contributed by atoms with Crippen molar-refractivity contribution in [1.82, 2.24) is 0 Å². The molecule has 0 fully saturated rings. The molecule has 0 aliphatic heterocycles. The van der Waals surface area contributed by atoms with Crippen LogP contribution >= 0.6 is 0 Å². The lowest BCUT2D eigenvalue weighted by Gasteiger charge is -2.07. The van der Waals surface area contributed by atoms with E-state index in [1.54, 1.807) is 12.1 Å². The Morgan fingerprint density at radius 1 is 1.14 bits per heavy atom. The first-order chi connectivity index (χ1) is 10.5. The summed E-state index contributed by atoms with van der Waals surface area (Å²) in [5.74, 6) is 3.82. The molecule has 0 spiro atoms. The molecule has 0 heterocycles. The van der Waals surface area contributed by atoms with Gasteiger partial charge in [0.25, 0.3) is 0 Å². The van der Waals surface area contributed by atoms with E-state index in [9.17, 15) is 19.8 Å². The Balaban J connectivity index is 2.69. The second-order valence-electron chi connectivity index (χ2n) is 4.94. The summed E-state index contributed by atoms with van der Waals surface area (Å²) in [5, 5.41) is 19.6. The Morgan fingerprint density at radius 3 is 2.55 bits per heavy atom. The number of carbonyl (C=O) groups is 2. The van der Waals surface area contributed by atoms with Crippen LogP contribution in [0.25, 0.3) is 10.8 Å². The Bertz CT molecular complexity index is 794. The molecular weight excluding hydrogens is 280 g/mol. The van der Waals surface area contributed by atoms with Gasteiger partial charge in [-0.2, -0.15) is 0 Å². The van der Waals surface area contributed by atoms with Crippen LogP contribution in [0.1, 0.15) is 52.5 Å². The van der Waals surface area contributed by atoms with Gasteiger partial charge in [0.1, 0.15) is 0 Å². The fraction of sp³-hybridized carbons (Fsp3) is 0.222. The van der Waals surface area contributed by atoms with Crippen LogP contribution in [0.5, 0.6) is 0 Å². The summed E-state index contributed by atoms with van der Waals surface area (Å²) in [5.41, 5.74) is 0.688. The van der Waals surface area contributed by atoms with Crippen molar-refractivity contribution in [2.24, 2.45) is 0 Å². The van der Waals surface area contributed by atoms with Crippen molar-refractivity contribution in [3.8, 4) is 11.8 Å². The highest BCUT2D eigenvalue weighted by atomic mass is 16.4. The molecular formula is C18H16O4. The molecule has 2 aromatic carbocycles. The van der Waals surface area contributed by atoms with Gasteiger partial charge in [-0.05, 0) is 30.0 Å². The Kier molecular flexibility index (Phi) is 4.80. The smallest absolute Gasteiger partial charge is 0.336 e. The van der Waals surface area contributed by atoms with E-state index in [1.807, 2.05) is 0 Å². The number of hydrogen-bond acceptors (Lipinski definition) is 2. The van der Waals surface area contributed by atoms with E-state index >= 15 is 0 Å². The molecule has 0 saturated carbocycles. The van der Waals surface area contributed by atoms with E-state index in [4.69, 9.17) is 0 Å². The third kappa shape index (κ3) is 3.26. The highest BCUT2D eigenvalue weighted by molar-refractivity contribution is 6.08. The molecule has 0 radical (unpaired) electrons. The maximum atomic E-state index is 11.4. The number of hydrogen-bond donors (Lipinski definition) is 2. The molecule has 0 unspecified atom stereocenters. The molecule has 4 heteroatoms. The second kappa shape index (κ2) is 6.77. The lowest BCUT2D eigenvalue weighted by Crippen LogP contribution is -2.02. The summed E-state index contributed by atoms with van der Waals surface area (Å²) in [7, 11) is 0. The van der Waals surface area contributed by atoms with Crippen LogP contribution in [0.3, 0.4) is 0 Å². The summed E-state index contributed by atoms with van der Waals surface area (Å²) < 4.78 is 0. The van der Waals surface area contributed by atoms with Crippen LogP contribution in [0.4, 0.5) is 0 Å². The first-order valence-electron chi connectivity index (χ1n) is 7.06. The zero-order valence-electron chi connectivity index (χ0n) is 12.2. The number of fused-ring (bicyclic) bond motifs is 1. The molecule has 4 nitrogen and oxygen atoms in total. The predicted octanol–water partition coefficient (Wildman–Crippen LogP) is 3.78. The Hall–Kier alpha value is -2.80. The van der Waals surface area contributed by atoms with Gasteiger partial charge in [-0.15, -0.1) is 0 Å². The number of benzene rings is 2. The van der Waals surface area contributed by atoms with Crippen LogP contribution in [-0.2, 0) is 0 Å². The quantitative estimate of drug-likeness (QED) is 0.665. The second-order valence-corrected chi connectivity index (χ2v) is 4.94. The van der Waals surface area contributed by atoms with E-state index in [-0.39, 0.29) is 11.1 Å². The molecule has 0 aromatic heterocycles. The minimum absolute atomic E-state index is 0.106. The van der Waals surface area contributed by atoms with Gasteiger partial charge in [-0.25, -0.2) is 9.59 Å². The molecule has 2 aromatic rings. The van der Waals surface area contributed by atoms with E-state index < -0.39 is 11.9 Å². The molecule has 2 N–H and O–H groups in total. The third-order valence-electron chi connectivity index (χ3n) is 3.33. The Morgan fingerprint density at radius 2 is 1.91 bits per heavy atom. The number of carboxylic acids is 2. The number of aromatic carboxylic acids is 2. The average molecular weight is 296 g/mol. The molecule has 22 heavy (non-hydrogen) atoms. The van der Waals surface area contributed by atoms with E-state index in [1.165, 1.54) is 18.2 Å².